The summed E-state index contributed by atoms with van der Waals surface area (Å²) >= 11 is 0. The Morgan fingerprint density at radius 1 is 1.53 bits per heavy atom. The molecule has 2 heterocycles. The summed E-state index contributed by atoms with van der Waals surface area (Å²) in [4.78, 5) is 24.4. The van der Waals surface area contributed by atoms with Crippen molar-refractivity contribution in [3.63, 3.8) is 0 Å². The number of hydrogen-bond donors (Lipinski definition) is 1. The van der Waals surface area contributed by atoms with E-state index in [1.54, 1.807) is 4.90 Å². The molecule has 84 valence electrons. The molecule has 0 aromatic rings. The third-order valence-corrected chi connectivity index (χ3v) is 3.07. The third-order valence-electron chi connectivity index (χ3n) is 3.07. The summed E-state index contributed by atoms with van der Waals surface area (Å²) in [6.07, 6.45) is 2.12. The first-order chi connectivity index (χ1) is 7.18. The molecular weight excluding hydrogens is 196 g/mol. The predicted molar refractivity (Wildman–Crippen MR) is 53.2 cm³/mol. The molecule has 2 unspecified atom stereocenters. The van der Waals surface area contributed by atoms with Gasteiger partial charge in [0, 0.05) is 6.61 Å². The zero-order chi connectivity index (χ0) is 10.8. The van der Waals surface area contributed by atoms with Gasteiger partial charge in [-0.1, -0.05) is 0 Å². The fourth-order valence-corrected chi connectivity index (χ4v) is 2.13. The number of ether oxygens (including phenoxy) is 1. The van der Waals surface area contributed by atoms with Crippen LogP contribution >= 0.6 is 0 Å². The van der Waals surface area contributed by atoms with E-state index < -0.39 is 0 Å². The first kappa shape index (κ1) is 10.4. The molecule has 2 aliphatic rings. The Morgan fingerprint density at radius 3 is 3.00 bits per heavy atom. The van der Waals surface area contributed by atoms with Gasteiger partial charge in [0.2, 0.25) is 11.8 Å². The SMILES string of the molecule is CC(C1CCCO1)N1CC(=O)NCC1=O. The first-order valence-electron chi connectivity index (χ1n) is 5.36. The van der Waals surface area contributed by atoms with Crippen molar-refractivity contribution in [3.05, 3.63) is 0 Å². The lowest BCUT2D eigenvalue weighted by atomic mass is 10.1. The van der Waals surface area contributed by atoms with Gasteiger partial charge >= 0.3 is 0 Å². The van der Waals surface area contributed by atoms with Crippen molar-refractivity contribution in [2.24, 2.45) is 0 Å². The lowest BCUT2D eigenvalue weighted by Crippen LogP contribution is -2.57. The average molecular weight is 212 g/mol. The highest BCUT2D eigenvalue weighted by Gasteiger charge is 2.33. The molecule has 2 amide bonds. The molecule has 1 N–H and O–H groups in total. The number of carbonyl (C=O) groups excluding carboxylic acids is 2. The molecule has 0 aromatic carbocycles. The van der Waals surface area contributed by atoms with Crippen LogP contribution in [0.2, 0.25) is 0 Å². The molecule has 2 rings (SSSR count). The average Bonchev–Trinajstić information content (AvgIpc) is 2.74. The highest BCUT2D eigenvalue weighted by molar-refractivity contribution is 5.92. The number of rotatable bonds is 2. The maximum absolute atomic E-state index is 11.6. The van der Waals surface area contributed by atoms with Crippen LogP contribution in [0.3, 0.4) is 0 Å². The Labute approximate surface area is 88.8 Å². The molecule has 0 radical (unpaired) electrons. The molecule has 2 saturated heterocycles. The summed E-state index contributed by atoms with van der Waals surface area (Å²) in [5.41, 5.74) is 0. The van der Waals surface area contributed by atoms with Gasteiger partial charge < -0.3 is 15.0 Å². The lowest BCUT2D eigenvalue weighted by Gasteiger charge is -2.34. The van der Waals surface area contributed by atoms with Gasteiger partial charge in [-0.3, -0.25) is 9.59 Å². The van der Waals surface area contributed by atoms with Crippen LogP contribution in [-0.4, -0.2) is 48.6 Å². The van der Waals surface area contributed by atoms with Crippen molar-refractivity contribution >= 4 is 11.8 Å². The van der Waals surface area contributed by atoms with Crippen molar-refractivity contribution in [1.82, 2.24) is 10.2 Å². The topological polar surface area (TPSA) is 58.6 Å². The third kappa shape index (κ3) is 2.12. The Kier molecular flexibility index (Phi) is 2.90. The Balaban J connectivity index is 2.00. The molecule has 5 nitrogen and oxygen atoms in total. The molecule has 0 bridgehead atoms. The Bertz CT molecular complexity index is 274. The molecule has 15 heavy (non-hydrogen) atoms. The number of carbonyl (C=O) groups is 2. The van der Waals surface area contributed by atoms with Crippen LogP contribution in [0.4, 0.5) is 0 Å². The van der Waals surface area contributed by atoms with Crippen LogP contribution in [0.25, 0.3) is 0 Å². The molecule has 0 aliphatic carbocycles. The maximum Gasteiger partial charge on any atom is 0.242 e. The minimum Gasteiger partial charge on any atom is -0.376 e. The van der Waals surface area contributed by atoms with E-state index in [1.807, 2.05) is 6.92 Å². The van der Waals surface area contributed by atoms with Gasteiger partial charge in [-0.25, -0.2) is 0 Å². The zero-order valence-corrected chi connectivity index (χ0v) is 8.86. The molecule has 2 aliphatic heterocycles. The second-order valence-electron chi connectivity index (χ2n) is 4.09. The number of nitrogens with one attached hydrogen (secondary N) is 1. The second-order valence-corrected chi connectivity index (χ2v) is 4.09. The molecule has 5 heteroatoms. The number of nitrogens with zero attached hydrogens (tertiary/aromatic N) is 1. The van der Waals surface area contributed by atoms with Crippen molar-refractivity contribution in [3.8, 4) is 0 Å². The van der Waals surface area contributed by atoms with E-state index in [9.17, 15) is 9.59 Å². The van der Waals surface area contributed by atoms with Crippen molar-refractivity contribution in [2.75, 3.05) is 19.7 Å². The number of piperazine rings is 1. The number of amides is 2. The van der Waals surface area contributed by atoms with Crippen LogP contribution in [0, 0.1) is 0 Å². The van der Waals surface area contributed by atoms with Gasteiger partial charge in [0.05, 0.1) is 25.2 Å². The summed E-state index contributed by atoms with van der Waals surface area (Å²) in [7, 11) is 0. The van der Waals surface area contributed by atoms with E-state index in [0.717, 1.165) is 19.4 Å². The normalized spacial score (nSPS) is 29.1. The Hall–Kier alpha value is -1.10. The minimum atomic E-state index is -0.0838. The highest BCUT2D eigenvalue weighted by atomic mass is 16.5. The molecule has 2 fully saturated rings. The van der Waals surface area contributed by atoms with Gasteiger partial charge in [0.25, 0.3) is 0 Å². The van der Waals surface area contributed by atoms with Crippen LogP contribution in [0.1, 0.15) is 19.8 Å². The summed E-state index contributed by atoms with van der Waals surface area (Å²) < 4.78 is 5.53. The fraction of sp³-hybridized carbons (Fsp3) is 0.800. The highest BCUT2D eigenvalue weighted by Crippen LogP contribution is 2.20. The van der Waals surface area contributed by atoms with Crippen LogP contribution in [-0.2, 0) is 14.3 Å². The molecule has 0 saturated carbocycles. The zero-order valence-electron chi connectivity index (χ0n) is 8.86. The first-order valence-corrected chi connectivity index (χ1v) is 5.36. The minimum absolute atomic E-state index is 0.00560. The van der Waals surface area contributed by atoms with Gasteiger partial charge in [-0.2, -0.15) is 0 Å². The molecule has 0 spiro atoms. The van der Waals surface area contributed by atoms with Crippen molar-refractivity contribution in [2.45, 2.75) is 31.9 Å². The standard InChI is InChI=1S/C10H16N2O3/c1-7(8-3-2-4-15-8)12-6-9(13)11-5-10(12)14/h7-8H,2-6H2,1H3,(H,11,13). The fourth-order valence-electron chi connectivity index (χ4n) is 2.13. The van der Waals surface area contributed by atoms with Gasteiger partial charge in [-0.15, -0.1) is 0 Å². The summed E-state index contributed by atoms with van der Waals surface area (Å²) in [5.74, 6) is -0.1000. The van der Waals surface area contributed by atoms with E-state index in [4.69, 9.17) is 4.74 Å². The van der Waals surface area contributed by atoms with E-state index in [1.165, 1.54) is 0 Å². The van der Waals surface area contributed by atoms with Gasteiger partial charge in [0.15, 0.2) is 0 Å². The Morgan fingerprint density at radius 2 is 2.33 bits per heavy atom. The summed E-state index contributed by atoms with van der Waals surface area (Å²) in [5, 5.41) is 2.54. The van der Waals surface area contributed by atoms with Crippen LogP contribution in [0.5, 0.6) is 0 Å². The number of hydrogen-bond acceptors (Lipinski definition) is 3. The van der Waals surface area contributed by atoms with E-state index in [2.05, 4.69) is 5.32 Å². The van der Waals surface area contributed by atoms with Crippen LogP contribution < -0.4 is 5.32 Å². The van der Waals surface area contributed by atoms with Gasteiger partial charge in [-0.05, 0) is 19.8 Å². The monoisotopic (exact) mass is 212 g/mol. The smallest absolute Gasteiger partial charge is 0.242 e. The molecule has 2 atom stereocenters. The van der Waals surface area contributed by atoms with E-state index in [0.29, 0.717) is 0 Å². The quantitative estimate of drug-likeness (QED) is 0.672. The summed E-state index contributed by atoms with van der Waals surface area (Å²) in [6.45, 7) is 3.01. The van der Waals surface area contributed by atoms with E-state index >= 15 is 0 Å². The maximum atomic E-state index is 11.6. The predicted octanol–water partition coefficient (Wildman–Crippen LogP) is -0.488. The van der Waals surface area contributed by atoms with Crippen LogP contribution in [0.15, 0.2) is 0 Å². The second kappa shape index (κ2) is 4.18. The molecular formula is C10H16N2O3. The molecule has 0 aromatic heterocycles. The van der Waals surface area contributed by atoms with Crippen molar-refractivity contribution < 1.29 is 14.3 Å². The lowest BCUT2D eigenvalue weighted by molar-refractivity contribution is -0.144. The van der Waals surface area contributed by atoms with E-state index in [-0.39, 0.29) is 37.0 Å². The summed E-state index contributed by atoms with van der Waals surface area (Å²) in [6, 6.07) is 0.00560. The largest absolute Gasteiger partial charge is 0.376 e. The van der Waals surface area contributed by atoms with Gasteiger partial charge in [0.1, 0.15) is 0 Å². The van der Waals surface area contributed by atoms with Crippen molar-refractivity contribution in [1.29, 1.82) is 0 Å².